The molecule has 0 bridgehead atoms. The minimum atomic E-state index is -4.03. The van der Waals surface area contributed by atoms with Crippen LogP contribution in [-0.2, 0) is 21.4 Å². The van der Waals surface area contributed by atoms with Crippen LogP contribution in [0.25, 0.3) is 0 Å². The van der Waals surface area contributed by atoms with E-state index in [-0.39, 0.29) is 11.4 Å². The third-order valence-electron chi connectivity index (χ3n) is 3.70. The third kappa shape index (κ3) is 4.36. The Bertz CT molecular complexity index is 807. The van der Waals surface area contributed by atoms with Crippen LogP contribution < -0.4 is 10.5 Å². The fourth-order valence-electron chi connectivity index (χ4n) is 2.32. The van der Waals surface area contributed by atoms with Gasteiger partial charge in [-0.25, -0.2) is 8.42 Å². The molecule has 0 saturated carbocycles. The monoisotopic (exact) mass is 364 g/mol. The van der Waals surface area contributed by atoms with Crippen molar-refractivity contribution in [2.24, 2.45) is 5.73 Å². The maximum atomic E-state index is 12.9. The summed E-state index contributed by atoms with van der Waals surface area (Å²) in [6.07, 6.45) is 0. The van der Waals surface area contributed by atoms with Crippen molar-refractivity contribution < 1.29 is 23.1 Å². The number of carbonyl (C=O) groups excluding carboxylic acids is 1. The Morgan fingerprint density at radius 2 is 1.76 bits per heavy atom. The lowest BCUT2D eigenvalue weighted by Crippen LogP contribution is -2.49. The molecule has 8 heteroatoms. The van der Waals surface area contributed by atoms with E-state index in [0.717, 1.165) is 4.31 Å². The van der Waals surface area contributed by atoms with Crippen LogP contribution in [0, 0.1) is 0 Å². The number of nitrogens with zero attached hydrogens (tertiary/aromatic N) is 1. The topological polar surface area (TPSA) is 110 Å². The van der Waals surface area contributed by atoms with Gasteiger partial charge in [0.05, 0.1) is 18.6 Å². The highest BCUT2D eigenvalue weighted by Gasteiger charge is 2.34. The number of hydrogen-bond acceptors (Lipinski definition) is 5. The number of primary amides is 1. The molecule has 0 radical (unpaired) electrons. The van der Waals surface area contributed by atoms with Crippen LogP contribution in [0.5, 0.6) is 5.75 Å². The first-order chi connectivity index (χ1) is 11.9. The first kappa shape index (κ1) is 18.9. The number of nitrogens with two attached hydrogens (primary N) is 1. The van der Waals surface area contributed by atoms with Crippen LogP contribution >= 0.6 is 0 Å². The van der Waals surface area contributed by atoms with E-state index in [9.17, 15) is 18.3 Å². The Morgan fingerprint density at radius 1 is 1.16 bits per heavy atom. The summed E-state index contributed by atoms with van der Waals surface area (Å²) in [6, 6.07) is 13.0. The zero-order valence-electron chi connectivity index (χ0n) is 13.7. The van der Waals surface area contributed by atoms with Crippen LogP contribution in [0.1, 0.15) is 5.56 Å². The summed E-state index contributed by atoms with van der Waals surface area (Å²) in [4.78, 5) is 11.7. The maximum Gasteiger partial charge on any atom is 0.244 e. The summed E-state index contributed by atoms with van der Waals surface area (Å²) >= 11 is 0. The van der Waals surface area contributed by atoms with Gasteiger partial charge in [-0.15, -0.1) is 0 Å². The molecule has 2 aromatic carbocycles. The molecule has 2 rings (SSSR count). The molecule has 0 aliphatic rings. The van der Waals surface area contributed by atoms with Gasteiger partial charge in [0.2, 0.25) is 15.9 Å². The number of methoxy groups -OCH3 is 1. The van der Waals surface area contributed by atoms with Crippen LogP contribution in [0.2, 0.25) is 0 Å². The second-order valence-corrected chi connectivity index (χ2v) is 7.20. The number of sulfonamides is 1. The van der Waals surface area contributed by atoms with Crippen molar-refractivity contribution in [2.45, 2.75) is 17.5 Å². The average Bonchev–Trinajstić information content (AvgIpc) is 2.62. The van der Waals surface area contributed by atoms with Gasteiger partial charge in [0.1, 0.15) is 11.8 Å². The molecule has 0 aliphatic carbocycles. The molecule has 0 spiro atoms. The van der Waals surface area contributed by atoms with Gasteiger partial charge in [-0.1, -0.05) is 30.3 Å². The third-order valence-corrected chi connectivity index (χ3v) is 5.57. The van der Waals surface area contributed by atoms with Crippen molar-refractivity contribution in [2.75, 3.05) is 13.7 Å². The molecular formula is C17H20N2O5S. The molecule has 1 unspecified atom stereocenters. The fourth-order valence-corrected chi connectivity index (χ4v) is 3.92. The quantitative estimate of drug-likeness (QED) is 0.718. The number of hydrogen-bond donors (Lipinski definition) is 2. The smallest absolute Gasteiger partial charge is 0.244 e. The molecule has 0 heterocycles. The zero-order chi connectivity index (χ0) is 18.4. The lowest BCUT2D eigenvalue weighted by atomic mass is 10.2. The first-order valence-corrected chi connectivity index (χ1v) is 8.94. The van der Waals surface area contributed by atoms with Crippen molar-refractivity contribution in [3.05, 3.63) is 60.2 Å². The fraction of sp³-hybridized carbons (Fsp3) is 0.235. The summed E-state index contributed by atoms with van der Waals surface area (Å²) in [5, 5.41) is 9.51. The molecule has 0 saturated heterocycles. The van der Waals surface area contributed by atoms with Gasteiger partial charge in [0, 0.05) is 6.54 Å². The number of benzene rings is 2. The lowest BCUT2D eigenvalue weighted by molar-refractivity contribution is -0.122. The largest absolute Gasteiger partial charge is 0.497 e. The predicted octanol–water partition coefficient (Wildman–Crippen LogP) is 0.732. The van der Waals surface area contributed by atoms with E-state index in [1.807, 2.05) is 0 Å². The summed E-state index contributed by atoms with van der Waals surface area (Å²) < 4.78 is 31.9. The zero-order valence-corrected chi connectivity index (χ0v) is 14.5. The Hall–Kier alpha value is -2.42. The number of ether oxygens (including phenoxy) is 1. The van der Waals surface area contributed by atoms with Gasteiger partial charge in [0.15, 0.2) is 0 Å². The van der Waals surface area contributed by atoms with Crippen molar-refractivity contribution in [3.8, 4) is 5.75 Å². The van der Waals surface area contributed by atoms with Gasteiger partial charge in [-0.2, -0.15) is 4.31 Å². The molecule has 1 atom stereocenters. The van der Waals surface area contributed by atoms with Gasteiger partial charge in [0.25, 0.3) is 0 Å². The van der Waals surface area contributed by atoms with Crippen molar-refractivity contribution in [3.63, 3.8) is 0 Å². The minimum Gasteiger partial charge on any atom is -0.497 e. The Kier molecular flexibility index (Phi) is 6.13. The van der Waals surface area contributed by atoms with E-state index in [4.69, 9.17) is 10.5 Å². The Balaban J connectivity index is 2.44. The lowest BCUT2D eigenvalue weighted by Gasteiger charge is -2.27. The molecule has 3 N–H and O–H groups in total. The molecule has 1 amide bonds. The molecule has 2 aromatic rings. The number of rotatable bonds is 8. The number of amides is 1. The molecule has 25 heavy (non-hydrogen) atoms. The molecule has 0 aliphatic heterocycles. The van der Waals surface area contributed by atoms with Gasteiger partial charge < -0.3 is 15.6 Å². The highest BCUT2D eigenvalue weighted by Crippen LogP contribution is 2.22. The average molecular weight is 364 g/mol. The van der Waals surface area contributed by atoms with Crippen molar-refractivity contribution in [1.29, 1.82) is 0 Å². The van der Waals surface area contributed by atoms with Crippen LogP contribution in [0.4, 0.5) is 0 Å². The second kappa shape index (κ2) is 8.11. The highest BCUT2D eigenvalue weighted by molar-refractivity contribution is 7.89. The Labute approximate surface area is 146 Å². The van der Waals surface area contributed by atoms with Crippen LogP contribution in [-0.4, -0.2) is 43.5 Å². The van der Waals surface area contributed by atoms with Gasteiger partial charge in [-0.05, 0) is 29.8 Å². The van der Waals surface area contributed by atoms with Crippen LogP contribution in [0.3, 0.4) is 0 Å². The number of aliphatic hydroxyl groups excluding tert-OH is 1. The minimum absolute atomic E-state index is 0.0169. The summed E-state index contributed by atoms with van der Waals surface area (Å²) in [7, 11) is -2.51. The van der Waals surface area contributed by atoms with E-state index < -0.39 is 28.6 Å². The molecule has 134 valence electrons. The number of carbonyl (C=O) groups is 1. The first-order valence-electron chi connectivity index (χ1n) is 7.50. The molecule has 7 nitrogen and oxygen atoms in total. The van der Waals surface area contributed by atoms with E-state index in [0.29, 0.717) is 11.3 Å². The van der Waals surface area contributed by atoms with E-state index in [1.54, 1.807) is 42.5 Å². The van der Waals surface area contributed by atoms with Crippen molar-refractivity contribution >= 4 is 15.9 Å². The normalized spacial score (nSPS) is 12.8. The summed E-state index contributed by atoms with van der Waals surface area (Å²) in [6.45, 7) is -0.826. The summed E-state index contributed by atoms with van der Waals surface area (Å²) in [5.74, 6) is -0.301. The molecule has 0 fully saturated rings. The predicted molar refractivity (Wildman–Crippen MR) is 92.2 cm³/mol. The molecular weight excluding hydrogens is 344 g/mol. The van der Waals surface area contributed by atoms with E-state index >= 15 is 0 Å². The van der Waals surface area contributed by atoms with Crippen molar-refractivity contribution in [1.82, 2.24) is 4.31 Å². The standard InChI is InChI=1S/C17H20N2O5S/c1-24-14-9-7-13(8-10-14)11-19(16(12-20)17(18)21)25(22,23)15-5-3-2-4-6-15/h2-10,16,20H,11-12H2,1H3,(H2,18,21). The number of aliphatic hydroxyl groups is 1. The maximum absolute atomic E-state index is 12.9. The Morgan fingerprint density at radius 3 is 2.24 bits per heavy atom. The van der Waals surface area contributed by atoms with E-state index in [2.05, 4.69) is 0 Å². The van der Waals surface area contributed by atoms with Gasteiger partial charge >= 0.3 is 0 Å². The summed E-state index contributed by atoms with van der Waals surface area (Å²) in [5.41, 5.74) is 5.92. The SMILES string of the molecule is COc1ccc(CN(C(CO)C(N)=O)S(=O)(=O)c2ccccc2)cc1. The van der Waals surface area contributed by atoms with Crippen LogP contribution in [0.15, 0.2) is 59.5 Å². The van der Waals surface area contributed by atoms with Gasteiger partial charge in [-0.3, -0.25) is 4.79 Å². The molecule has 0 aromatic heterocycles. The second-order valence-electron chi connectivity index (χ2n) is 5.31. The van der Waals surface area contributed by atoms with E-state index in [1.165, 1.54) is 19.2 Å². The highest BCUT2D eigenvalue weighted by atomic mass is 32.2.